The summed E-state index contributed by atoms with van der Waals surface area (Å²) in [5.41, 5.74) is -1.03. The molecule has 0 spiro atoms. The van der Waals surface area contributed by atoms with Crippen LogP contribution in [0.4, 0.5) is 0 Å². The molecule has 0 aliphatic carbocycles. The average molecular weight is 284 g/mol. The number of rotatable bonds is 6. The number of hydrogen-bond acceptors (Lipinski definition) is 4. The first-order chi connectivity index (χ1) is 8.83. The molecule has 0 radical (unpaired) electrons. The number of thiophene rings is 1. The summed E-state index contributed by atoms with van der Waals surface area (Å²) < 4.78 is 0. The molecule has 104 valence electrons. The Kier molecular flexibility index (Phi) is 5.05. The van der Waals surface area contributed by atoms with E-state index in [0.29, 0.717) is 4.88 Å². The maximum atomic E-state index is 11.5. The van der Waals surface area contributed by atoms with Gasteiger partial charge in [0.2, 0.25) is 5.91 Å². The minimum absolute atomic E-state index is 0.00996. The largest absolute Gasteiger partial charge is 0.481 e. The van der Waals surface area contributed by atoms with Gasteiger partial charge in [-0.1, -0.05) is 6.07 Å². The number of hydrogen-bond donors (Lipinski definition) is 3. The number of nitrogens with one attached hydrogen (secondary N) is 2. The highest BCUT2D eigenvalue weighted by atomic mass is 32.1. The van der Waals surface area contributed by atoms with Crippen molar-refractivity contribution in [3.8, 4) is 0 Å². The molecule has 0 atom stereocenters. The van der Waals surface area contributed by atoms with Crippen molar-refractivity contribution in [2.45, 2.75) is 13.8 Å². The topological polar surface area (TPSA) is 95.5 Å². The fraction of sp³-hybridized carbons (Fsp3) is 0.417. The van der Waals surface area contributed by atoms with Gasteiger partial charge >= 0.3 is 5.97 Å². The average Bonchev–Trinajstić information content (AvgIpc) is 2.87. The molecule has 0 saturated heterocycles. The molecule has 0 aliphatic heterocycles. The Balaban J connectivity index is 2.33. The zero-order valence-electron chi connectivity index (χ0n) is 10.7. The number of carbonyl (C=O) groups excluding carboxylic acids is 2. The SMILES string of the molecule is CC(C)(CNC(=O)CNC(=O)c1cccs1)C(=O)O. The molecule has 0 aliphatic rings. The van der Waals surface area contributed by atoms with Crippen LogP contribution in [0.2, 0.25) is 0 Å². The Bertz CT molecular complexity index is 468. The highest BCUT2D eigenvalue weighted by Gasteiger charge is 2.27. The van der Waals surface area contributed by atoms with Crippen molar-refractivity contribution in [3.05, 3.63) is 22.4 Å². The van der Waals surface area contributed by atoms with E-state index in [1.54, 1.807) is 17.5 Å². The highest BCUT2D eigenvalue weighted by Crippen LogP contribution is 2.12. The van der Waals surface area contributed by atoms with Crippen LogP contribution in [-0.2, 0) is 9.59 Å². The third-order valence-electron chi connectivity index (χ3n) is 2.46. The number of carbonyl (C=O) groups is 3. The molecule has 19 heavy (non-hydrogen) atoms. The van der Waals surface area contributed by atoms with Crippen LogP contribution >= 0.6 is 11.3 Å². The minimum Gasteiger partial charge on any atom is -0.481 e. The zero-order chi connectivity index (χ0) is 14.5. The summed E-state index contributed by atoms with van der Waals surface area (Å²) in [6.45, 7) is 2.86. The van der Waals surface area contributed by atoms with E-state index in [1.165, 1.54) is 25.2 Å². The highest BCUT2D eigenvalue weighted by molar-refractivity contribution is 7.12. The second-order valence-electron chi connectivity index (χ2n) is 4.63. The summed E-state index contributed by atoms with van der Waals surface area (Å²) in [6.07, 6.45) is 0. The molecule has 0 saturated carbocycles. The van der Waals surface area contributed by atoms with Crippen LogP contribution < -0.4 is 10.6 Å². The summed E-state index contributed by atoms with van der Waals surface area (Å²) in [6, 6.07) is 3.40. The standard InChI is InChI=1S/C12H16N2O4S/c1-12(2,11(17)18)7-14-9(15)6-13-10(16)8-4-3-5-19-8/h3-5H,6-7H2,1-2H3,(H,13,16)(H,14,15)(H,17,18). The smallest absolute Gasteiger partial charge is 0.310 e. The summed E-state index contributed by atoms with van der Waals surface area (Å²) in [4.78, 5) is 34.4. The van der Waals surface area contributed by atoms with Gasteiger partial charge in [0.1, 0.15) is 0 Å². The van der Waals surface area contributed by atoms with Crippen LogP contribution in [0.25, 0.3) is 0 Å². The maximum absolute atomic E-state index is 11.5. The fourth-order valence-corrected chi connectivity index (χ4v) is 1.75. The third-order valence-corrected chi connectivity index (χ3v) is 3.33. The molecule has 0 unspecified atom stereocenters. The molecule has 0 bridgehead atoms. The first kappa shape index (κ1) is 15.2. The van der Waals surface area contributed by atoms with Gasteiger partial charge in [-0.05, 0) is 25.3 Å². The number of carboxylic acids is 1. The third kappa shape index (κ3) is 4.70. The van der Waals surface area contributed by atoms with E-state index < -0.39 is 17.3 Å². The van der Waals surface area contributed by atoms with Gasteiger partial charge in [-0.15, -0.1) is 11.3 Å². The van der Waals surface area contributed by atoms with Crippen molar-refractivity contribution in [1.82, 2.24) is 10.6 Å². The lowest BCUT2D eigenvalue weighted by atomic mass is 9.94. The van der Waals surface area contributed by atoms with Crippen molar-refractivity contribution < 1.29 is 19.5 Å². The lowest BCUT2D eigenvalue weighted by Crippen LogP contribution is -2.43. The second-order valence-corrected chi connectivity index (χ2v) is 5.57. The Morgan fingerprint density at radius 2 is 2.00 bits per heavy atom. The van der Waals surface area contributed by atoms with Crippen molar-refractivity contribution in [1.29, 1.82) is 0 Å². The minimum atomic E-state index is -1.03. The van der Waals surface area contributed by atoms with E-state index in [2.05, 4.69) is 10.6 Å². The first-order valence-electron chi connectivity index (χ1n) is 5.65. The van der Waals surface area contributed by atoms with Gasteiger partial charge in [0.05, 0.1) is 16.8 Å². The van der Waals surface area contributed by atoms with Gasteiger partial charge in [-0.3, -0.25) is 14.4 Å². The van der Waals surface area contributed by atoms with E-state index in [0.717, 1.165) is 0 Å². The Morgan fingerprint density at radius 3 is 2.53 bits per heavy atom. The maximum Gasteiger partial charge on any atom is 0.310 e. The van der Waals surface area contributed by atoms with E-state index in [4.69, 9.17) is 5.11 Å². The van der Waals surface area contributed by atoms with Crippen molar-refractivity contribution in [3.63, 3.8) is 0 Å². The first-order valence-corrected chi connectivity index (χ1v) is 6.53. The van der Waals surface area contributed by atoms with Crippen LogP contribution in [0.1, 0.15) is 23.5 Å². The quantitative estimate of drug-likeness (QED) is 0.716. The second kappa shape index (κ2) is 6.33. The summed E-state index contributed by atoms with van der Waals surface area (Å²) in [7, 11) is 0. The van der Waals surface area contributed by atoms with E-state index in [-0.39, 0.29) is 19.0 Å². The molecule has 1 heterocycles. The Morgan fingerprint density at radius 1 is 1.32 bits per heavy atom. The van der Waals surface area contributed by atoms with Crippen molar-refractivity contribution in [2.24, 2.45) is 5.41 Å². The van der Waals surface area contributed by atoms with Crippen LogP contribution in [0, 0.1) is 5.41 Å². The molecule has 7 heteroatoms. The predicted octanol–water partition coefficient (Wildman–Crippen LogP) is 0.705. The molecule has 0 aromatic carbocycles. The van der Waals surface area contributed by atoms with E-state index >= 15 is 0 Å². The predicted molar refractivity (Wildman–Crippen MR) is 71.1 cm³/mol. The van der Waals surface area contributed by atoms with E-state index in [1.807, 2.05) is 0 Å². The van der Waals surface area contributed by atoms with Crippen LogP contribution in [0.3, 0.4) is 0 Å². The molecule has 2 amide bonds. The number of amides is 2. The molecule has 3 N–H and O–H groups in total. The zero-order valence-corrected chi connectivity index (χ0v) is 11.5. The van der Waals surface area contributed by atoms with Gasteiger partial charge in [0.15, 0.2) is 0 Å². The molecule has 6 nitrogen and oxygen atoms in total. The fourth-order valence-electron chi connectivity index (χ4n) is 1.11. The molecule has 1 aromatic heterocycles. The van der Waals surface area contributed by atoms with Gasteiger partial charge in [-0.25, -0.2) is 0 Å². The molecule has 0 fully saturated rings. The van der Waals surface area contributed by atoms with Crippen LogP contribution in [0.5, 0.6) is 0 Å². The lowest BCUT2D eigenvalue weighted by molar-refractivity contribution is -0.146. The van der Waals surface area contributed by atoms with Crippen LogP contribution in [0.15, 0.2) is 17.5 Å². The van der Waals surface area contributed by atoms with Crippen molar-refractivity contribution in [2.75, 3.05) is 13.1 Å². The van der Waals surface area contributed by atoms with E-state index in [9.17, 15) is 14.4 Å². The summed E-state index contributed by atoms with van der Waals surface area (Å²) in [5.74, 6) is -1.72. The summed E-state index contributed by atoms with van der Waals surface area (Å²) >= 11 is 1.28. The van der Waals surface area contributed by atoms with Gasteiger partial charge < -0.3 is 15.7 Å². The van der Waals surface area contributed by atoms with Gasteiger partial charge in [0.25, 0.3) is 5.91 Å². The Hall–Kier alpha value is -1.89. The number of carboxylic acid groups (broad SMARTS) is 1. The van der Waals surface area contributed by atoms with Gasteiger partial charge in [-0.2, -0.15) is 0 Å². The monoisotopic (exact) mass is 284 g/mol. The number of aliphatic carboxylic acids is 1. The van der Waals surface area contributed by atoms with Crippen LogP contribution in [-0.4, -0.2) is 36.0 Å². The van der Waals surface area contributed by atoms with Gasteiger partial charge in [0, 0.05) is 6.54 Å². The molecule has 1 rings (SSSR count). The molecular formula is C12H16N2O4S. The molecule has 1 aromatic rings. The molecular weight excluding hydrogens is 268 g/mol. The summed E-state index contributed by atoms with van der Waals surface area (Å²) in [5, 5.41) is 15.6. The Labute approximate surface area is 114 Å². The lowest BCUT2D eigenvalue weighted by Gasteiger charge is -2.19. The normalized spacial score (nSPS) is 10.8. The van der Waals surface area contributed by atoms with Crippen molar-refractivity contribution >= 4 is 29.1 Å².